The van der Waals surface area contributed by atoms with Gasteiger partial charge in [0.25, 0.3) is 10.0 Å². The van der Waals surface area contributed by atoms with E-state index in [1.807, 2.05) is 18.4 Å². The van der Waals surface area contributed by atoms with Gasteiger partial charge in [-0.05, 0) is 42.0 Å². The van der Waals surface area contributed by atoms with E-state index in [9.17, 15) is 17.6 Å². The summed E-state index contributed by atoms with van der Waals surface area (Å²) in [4.78, 5) is 13.5. The summed E-state index contributed by atoms with van der Waals surface area (Å²) in [6.45, 7) is -0.552. The van der Waals surface area contributed by atoms with Crippen LogP contribution in [0.15, 0.2) is 75.1 Å². The molecular formula is C19H17FN2O3S3. The Balaban J connectivity index is 1.94. The minimum atomic E-state index is -4.09. The fourth-order valence-electron chi connectivity index (χ4n) is 2.54. The van der Waals surface area contributed by atoms with Crippen LogP contribution < -0.4 is 9.62 Å². The number of carbonyl (C=O) groups is 1. The van der Waals surface area contributed by atoms with Crippen molar-refractivity contribution >= 4 is 50.4 Å². The number of carbonyl (C=O) groups excluding carboxylic acids is 1. The van der Waals surface area contributed by atoms with Crippen molar-refractivity contribution < 1.29 is 17.6 Å². The molecule has 2 aromatic carbocycles. The monoisotopic (exact) mass is 436 g/mol. The third-order valence-corrected chi connectivity index (χ3v) is 7.76. The summed E-state index contributed by atoms with van der Waals surface area (Å²) in [7, 11) is -4.09. The Morgan fingerprint density at radius 1 is 1.11 bits per heavy atom. The van der Waals surface area contributed by atoms with E-state index in [1.54, 1.807) is 23.6 Å². The molecule has 0 aliphatic rings. The van der Waals surface area contributed by atoms with Gasteiger partial charge < -0.3 is 5.32 Å². The quantitative estimate of drug-likeness (QED) is 0.556. The van der Waals surface area contributed by atoms with Gasteiger partial charge in [-0.25, -0.2) is 12.8 Å². The average Bonchev–Trinajstić information content (AvgIpc) is 3.23. The fraction of sp³-hybridized carbons (Fsp3) is 0.105. The molecule has 0 aliphatic heterocycles. The number of rotatable bonds is 7. The zero-order chi connectivity index (χ0) is 20.1. The smallest absolute Gasteiger partial charge is 0.274 e. The number of hydrogen-bond donors (Lipinski definition) is 1. The molecule has 0 atom stereocenters. The van der Waals surface area contributed by atoms with E-state index in [-0.39, 0.29) is 9.90 Å². The molecule has 0 aliphatic carbocycles. The predicted molar refractivity (Wildman–Crippen MR) is 112 cm³/mol. The summed E-state index contributed by atoms with van der Waals surface area (Å²) in [6.07, 6.45) is 1.87. The first-order valence-corrected chi connectivity index (χ1v) is 11.7. The van der Waals surface area contributed by atoms with Gasteiger partial charge in [0.15, 0.2) is 0 Å². The van der Waals surface area contributed by atoms with Gasteiger partial charge in [-0.15, -0.1) is 23.1 Å². The van der Waals surface area contributed by atoms with Crippen molar-refractivity contribution in [3.05, 3.63) is 71.9 Å². The van der Waals surface area contributed by atoms with E-state index in [0.29, 0.717) is 5.69 Å². The van der Waals surface area contributed by atoms with Crippen LogP contribution in [0.3, 0.4) is 0 Å². The molecule has 5 nitrogen and oxygen atoms in total. The third kappa shape index (κ3) is 4.37. The normalized spacial score (nSPS) is 11.2. The van der Waals surface area contributed by atoms with Crippen LogP contribution >= 0.6 is 23.1 Å². The number of para-hydroxylation sites is 2. The van der Waals surface area contributed by atoms with Crippen molar-refractivity contribution in [1.29, 1.82) is 0 Å². The number of amides is 1. The first-order valence-electron chi connectivity index (χ1n) is 8.17. The number of halogens is 1. The molecule has 0 unspecified atom stereocenters. The molecule has 0 saturated heterocycles. The van der Waals surface area contributed by atoms with Gasteiger partial charge >= 0.3 is 0 Å². The van der Waals surface area contributed by atoms with Crippen molar-refractivity contribution in [3.63, 3.8) is 0 Å². The minimum Gasteiger partial charge on any atom is -0.323 e. The van der Waals surface area contributed by atoms with Gasteiger partial charge in [0.1, 0.15) is 16.6 Å². The molecular weight excluding hydrogens is 419 g/mol. The zero-order valence-corrected chi connectivity index (χ0v) is 17.3. The molecule has 0 fully saturated rings. The molecule has 146 valence electrons. The number of nitrogens with one attached hydrogen (secondary N) is 1. The Kier molecular flexibility index (Phi) is 6.38. The van der Waals surface area contributed by atoms with Gasteiger partial charge in [0.05, 0.1) is 11.4 Å². The highest BCUT2D eigenvalue weighted by atomic mass is 32.2. The Bertz CT molecular complexity index is 1070. The van der Waals surface area contributed by atoms with Crippen LogP contribution in [0.2, 0.25) is 0 Å². The van der Waals surface area contributed by atoms with Crippen LogP contribution in [0.25, 0.3) is 0 Å². The largest absolute Gasteiger partial charge is 0.323 e. The molecule has 3 rings (SSSR count). The Hall–Kier alpha value is -2.36. The summed E-state index contributed by atoms with van der Waals surface area (Å²) in [5, 5.41) is 4.33. The highest BCUT2D eigenvalue weighted by molar-refractivity contribution is 7.98. The van der Waals surface area contributed by atoms with Crippen LogP contribution in [-0.4, -0.2) is 27.1 Å². The lowest BCUT2D eigenvalue weighted by Crippen LogP contribution is -2.38. The van der Waals surface area contributed by atoms with Crippen molar-refractivity contribution in [2.24, 2.45) is 0 Å². The lowest BCUT2D eigenvalue weighted by atomic mass is 10.3. The van der Waals surface area contributed by atoms with E-state index in [0.717, 1.165) is 26.6 Å². The van der Waals surface area contributed by atoms with Gasteiger partial charge in [0, 0.05) is 4.90 Å². The predicted octanol–water partition coefficient (Wildman–Crippen LogP) is 4.44. The summed E-state index contributed by atoms with van der Waals surface area (Å²) < 4.78 is 41.3. The number of thiophene rings is 1. The van der Waals surface area contributed by atoms with Crippen LogP contribution in [0, 0.1) is 5.82 Å². The Labute approximate surface area is 171 Å². The number of sulfonamides is 1. The highest BCUT2D eigenvalue weighted by Crippen LogP contribution is 2.29. The van der Waals surface area contributed by atoms with Gasteiger partial charge in [0.2, 0.25) is 5.91 Å². The number of benzene rings is 2. The summed E-state index contributed by atoms with van der Waals surface area (Å²) in [5.74, 6) is -1.29. The fourth-order valence-corrected chi connectivity index (χ4v) is 5.63. The third-order valence-electron chi connectivity index (χ3n) is 3.83. The maximum absolute atomic E-state index is 14.4. The van der Waals surface area contributed by atoms with Gasteiger partial charge in [-0.1, -0.05) is 30.3 Å². The molecule has 0 saturated carbocycles. The van der Waals surface area contributed by atoms with E-state index in [2.05, 4.69) is 5.32 Å². The van der Waals surface area contributed by atoms with Gasteiger partial charge in [-0.3, -0.25) is 9.10 Å². The standard InChI is InChI=1S/C19H17FN2O3S3/c1-26-17-10-5-3-8-15(17)21-18(23)13-22(16-9-4-2-7-14(16)20)28(24,25)19-11-6-12-27-19/h2-12H,13H2,1H3,(H,21,23). The molecule has 28 heavy (non-hydrogen) atoms. The Morgan fingerprint density at radius 3 is 2.50 bits per heavy atom. The first-order chi connectivity index (χ1) is 13.4. The summed E-state index contributed by atoms with van der Waals surface area (Å²) in [6, 6.07) is 15.7. The van der Waals surface area contributed by atoms with Gasteiger partial charge in [-0.2, -0.15) is 0 Å². The number of hydrogen-bond acceptors (Lipinski definition) is 5. The molecule has 0 radical (unpaired) electrons. The second-order valence-corrected chi connectivity index (χ2v) is 9.53. The van der Waals surface area contributed by atoms with Crippen molar-refractivity contribution in [2.45, 2.75) is 9.10 Å². The van der Waals surface area contributed by atoms with Crippen LogP contribution in [-0.2, 0) is 14.8 Å². The molecule has 1 N–H and O–H groups in total. The van der Waals surface area contributed by atoms with E-state index in [4.69, 9.17) is 0 Å². The van der Waals surface area contributed by atoms with E-state index >= 15 is 0 Å². The van der Waals surface area contributed by atoms with Crippen LogP contribution in [0.1, 0.15) is 0 Å². The van der Waals surface area contributed by atoms with Crippen molar-refractivity contribution in [1.82, 2.24) is 0 Å². The maximum Gasteiger partial charge on any atom is 0.274 e. The second-order valence-electron chi connectivity index (χ2n) is 5.64. The SMILES string of the molecule is CSc1ccccc1NC(=O)CN(c1ccccc1F)S(=O)(=O)c1cccs1. The average molecular weight is 437 g/mol. The number of nitrogens with zero attached hydrogens (tertiary/aromatic N) is 1. The first kappa shape index (κ1) is 20.4. The summed E-state index contributed by atoms with van der Waals surface area (Å²) in [5.41, 5.74) is 0.395. The zero-order valence-electron chi connectivity index (χ0n) is 14.8. The summed E-state index contributed by atoms with van der Waals surface area (Å²) >= 11 is 2.46. The Morgan fingerprint density at radius 2 is 1.82 bits per heavy atom. The minimum absolute atomic E-state index is 0.0352. The maximum atomic E-state index is 14.4. The number of anilines is 2. The molecule has 1 amide bonds. The van der Waals surface area contributed by atoms with Crippen molar-refractivity contribution in [3.8, 4) is 0 Å². The van der Waals surface area contributed by atoms with E-state index < -0.39 is 28.3 Å². The van der Waals surface area contributed by atoms with Crippen LogP contribution in [0.5, 0.6) is 0 Å². The number of thioether (sulfide) groups is 1. The highest BCUT2D eigenvalue weighted by Gasteiger charge is 2.30. The molecule has 0 spiro atoms. The molecule has 0 bridgehead atoms. The van der Waals surface area contributed by atoms with E-state index in [1.165, 1.54) is 36.0 Å². The topological polar surface area (TPSA) is 66.5 Å². The lowest BCUT2D eigenvalue weighted by Gasteiger charge is -2.24. The molecule has 1 heterocycles. The lowest BCUT2D eigenvalue weighted by molar-refractivity contribution is -0.114. The van der Waals surface area contributed by atoms with Crippen molar-refractivity contribution in [2.75, 3.05) is 22.4 Å². The van der Waals surface area contributed by atoms with Crippen LogP contribution in [0.4, 0.5) is 15.8 Å². The second kappa shape index (κ2) is 8.76. The molecule has 3 aromatic rings. The molecule has 1 aromatic heterocycles. The molecule has 9 heteroatoms.